The molecule has 4 heterocycles. The number of hydrogen-bond donors (Lipinski definition) is 0. The van der Waals surface area contributed by atoms with Crippen LogP contribution in [0.2, 0.25) is 0 Å². The van der Waals surface area contributed by atoms with Gasteiger partial charge in [0.25, 0.3) is 0 Å². The average molecular weight is 627 g/mol. The minimum absolute atomic E-state index is 0.638. The number of para-hydroxylation sites is 4. The molecule has 5 nitrogen and oxygen atoms in total. The summed E-state index contributed by atoms with van der Waals surface area (Å²) in [5, 5.41) is 5.75. The molecule has 5 heteroatoms. The smallest absolute Gasteiger partial charge is 0.235 e. The first-order valence-corrected chi connectivity index (χ1v) is 16.5. The molecule has 0 spiro atoms. The normalized spacial score (nSPS) is 12.2. The van der Waals surface area contributed by atoms with E-state index in [-0.39, 0.29) is 0 Å². The van der Waals surface area contributed by atoms with Crippen LogP contribution in [0, 0.1) is 0 Å². The van der Waals surface area contributed by atoms with Gasteiger partial charge in [0.1, 0.15) is 11.5 Å². The van der Waals surface area contributed by atoms with Gasteiger partial charge in [-0.2, -0.15) is 0 Å². The van der Waals surface area contributed by atoms with E-state index in [1.165, 1.54) is 27.2 Å². The van der Waals surface area contributed by atoms with Gasteiger partial charge in [0.05, 0.1) is 38.7 Å². The molecule has 0 saturated carbocycles. The molecule has 0 aliphatic carbocycles. The zero-order chi connectivity index (χ0) is 32.1. The first-order chi connectivity index (χ1) is 24.3. The van der Waals surface area contributed by atoms with Gasteiger partial charge in [-0.25, -0.2) is 9.97 Å². The zero-order valence-corrected chi connectivity index (χ0v) is 26.2. The molecule has 11 rings (SSSR count). The second-order valence-corrected chi connectivity index (χ2v) is 12.6. The summed E-state index contributed by atoms with van der Waals surface area (Å²) >= 11 is 0. The quantitative estimate of drug-likeness (QED) is 0.196. The Morgan fingerprint density at radius 3 is 1.78 bits per heavy atom. The summed E-state index contributed by atoms with van der Waals surface area (Å²) in [6.07, 6.45) is 0. The summed E-state index contributed by atoms with van der Waals surface area (Å²) in [6, 6.07) is 55.5. The third-order valence-electron chi connectivity index (χ3n) is 9.93. The van der Waals surface area contributed by atoms with Crippen LogP contribution < -0.4 is 4.74 Å². The molecule has 0 N–H and O–H groups in total. The van der Waals surface area contributed by atoms with Gasteiger partial charge in [-0.15, -0.1) is 0 Å². The van der Waals surface area contributed by atoms with Gasteiger partial charge in [-0.1, -0.05) is 97.1 Å². The molecule has 0 saturated heterocycles. The number of rotatable bonds is 3. The van der Waals surface area contributed by atoms with Crippen LogP contribution in [-0.2, 0) is 0 Å². The monoisotopic (exact) mass is 626 g/mol. The summed E-state index contributed by atoms with van der Waals surface area (Å²) in [5.41, 5.74) is 10.6. The number of fused-ring (bicyclic) bond motifs is 8. The lowest BCUT2D eigenvalue weighted by molar-refractivity contribution is 0.486. The zero-order valence-electron chi connectivity index (χ0n) is 26.2. The fourth-order valence-electron chi connectivity index (χ4n) is 7.76. The third kappa shape index (κ3) is 3.75. The molecular formula is C44H26N4O. The SMILES string of the molecule is c1ccc(-n2c3ccccc3c3ccc(-c4ccc5c6ccccc6n(-c6nc7c8c(cccc8n6)Oc6ccccc6-7)c5c4)cc32)cc1. The van der Waals surface area contributed by atoms with Crippen molar-refractivity contribution in [2.24, 2.45) is 0 Å². The summed E-state index contributed by atoms with van der Waals surface area (Å²) in [5.74, 6) is 2.23. The van der Waals surface area contributed by atoms with Gasteiger partial charge in [-0.3, -0.25) is 4.57 Å². The van der Waals surface area contributed by atoms with E-state index in [4.69, 9.17) is 14.7 Å². The standard InChI is InChI=1S/C44H26N4O/c1-2-11-29(12-3-1)47-36-17-7-4-13-30(36)32-23-21-27(25-38(32)47)28-22-24-33-31-14-5-8-18-37(31)48(39(33)26-28)44-45-35-16-10-20-41-42(35)43(46-44)34-15-6-9-19-40(34)49-41/h1-26H. The third-order valence-corrected chi connectivity index (χ3v) is 9.93. The highest BCUT2D eigenvalue weighted by Gasteiger charge is 2.24. The number of aromatic nitrogens is 4. The highest BCUT2D eigenvalue weighted by molar-refractivity contribution is 6.12. The lowest BCUT2D eigenvalue weighted by Gasteiger charge is -2.21. The molecule has 3 aromatic heterocycles. The van der Waals surface area contributed by atoms with Crippen LogP contribution in [-0.4, -0.2) is 19.1 Å². The second-order valence-electron chi connectivity index (χ2n) is 12.6. The molecule has 49 heavy (non-hydrogen) atoms. The number of nitrogens with zero attached hydrogens (tertiary/aromatic N) is 4. The van der Waals surface area contributed by atoms with Gasteiger partial charge in [-0.05, 0) is 71.8 Å². The van der Waals surface area contributed by atoms with E-state index in [9.17, 15) is 0 Å². The van der Waals surface area contributed by atoms with Gasteiger partial charge < -0.3 is 9.30 Å². The van der Waals surface area contributed by atoms with Crippen LogP contribution in [0.3, 0.4) is 0 Å². The Labute approximate surface area is 280 Å². The van der Waals surface area contributed by atoms with Gasteiger partial charge >= 0.3 is 0 Å². The van der Waals surface area contributed by atoms with Crippen molar-refractivity contribution in [2.75, 3.05) is 0 Å². The van der Waals surface area contributed by atoms with Crippen molar-refractivity contribution in [3.8, 4) is 45.5 Å². The molecular weight excluding hydrogens is 601 g/mol. The highest BCUT2D eigenvalue weighted by Crippen LogP contribution is 2.46. The number of benzene rings is 7. The number of ether oxygens (including phenoxy) is 1. The van der Waals surface area contributed by atoms with Crippen molar-refractivity contribution >= 4 is 54.5 Å². The highest BCUT2D eigenvalue weighted by atomic mass is 16.5. The Morgan fingerprint density at radius 1 is 0.429 bits per heavy atom. The maximum Gasteiger partial charge on any atom is 0.235 e. The largest absolute Gasteiger partial charge is 0.456 e. The maximum absolute atomic E-state index is 6.28. The Hall–Kier alpha value is -6.72. The van der Waals surface area contributed by atoms with Crippen LogP contribution in [0.15, 0.2) is 158 Å². The van der Waals surface area contributed by atoms with E-state index in [1.807, 2.05) is 36.4 Å². The Bertz CT molecular complexity index is 2970. The fourth-order valence-corrected chi connectivity index (χ4v) is 7.76. The van der Waals surface area contributed by atoms with E-state index in [1.54, 1.807) is 0 Å². The predicted molar refractivity (Wildman–Crippen MR) is 199 cm³/mol. The van der Waals surface area contributed by atoms with Crippen LogP contribution in [0.5, 0.6) is 11.5 Å². The molecule has 0 atom stereocenters. The van der Waals surface area contributed by atoms with Crippen LogP contribution in [0.1, 0.15) is 0 Å². The van der Waals surface area contributed by atoms with Crippen LogP contribution in [0.25, 0.3) is 88.5 Å². The molecule has 228 valence electrons. The molecule has 0 unspecified atom stereocenters. The molecule has 0 amide bonds. The summed E-state index contributed by atoms with van der Waals surface area (Å²) in [6.45, 7) is 0. The first-order valence-electron chi connectivity index (χ1n) is 16.5. The van der Waals surface area contributed by atoms with E-state index < -0.39 is 0 Å². The molecule has 7 aromatic carbocycles. The Balaban J connectivity index is 1.17. The minimum Gasteiger partial charge on any atom is -0.456 e. The van der Waals surface area contributed by atoms with E-state index in [0.29, 0.717) is 5.95 Å². The van der Waals surface area contributed by atoms with Crippen molar-refractivity contribution in [3.63, 3.8) is 0 Å². The molecule has 0 bridgehead atoms. The van der Waals surface area contributed by atoms with E-state index in [0.717, 1.165) is 66.9 Å². The summed E-state index contributed by atoms with van der Waals surface area (Å²) < 4.78 is 10.9. The Kier molecular flexibility index (Phi) is 5.32. The lowest BCUT2D eigenvalue weighted by Crippen LogP contribution is -2.06. The summed E-state index contributed by atoms with van der Waals surface area (Å²) in [4.78, 5) is 10.5. The topological polar surface area (TPSA) is 44.9 Å². The second kappa shape index (κ2) is 9.89. The molecule has 0 radical (unpaired) electrons. The average Bonchev–Trinajstić information content (AvgIpc) is 3.67. The van der Waals surface area contributed by atoms with Crippen LogP contribution in [0.4, 0.5) is 0 Å². The lowest BCUT2D eigenvalue weighted by atomic mass is 10.0. The molecule has 0 fully saturated rings. The first kappa shape index (κ1) is 26.4. The van der Waals surface area contributed by atoms with Crippen molar-refractivity contribution in [3.05, 3.63) is 158 Å². The van der Waals surface area contributed by atoms with E-state index in [2.05, 4.69) is 130 Å². The van der Waals surface area contributed by atoms with Crippen molar-refractivity contribution in [1.29, 1.82) is 0 Å². The minimum atomic E-state index is 0.638. The van der Waals surface area contributed by atoms with Gasteiger partial charge in [0.2, 0.25) is 5.95 Å². The van der Waals surface area contributed by atoms with E-state index >= 15 is 0 Å². The maximum atomic E-state index is 6.28. The summed E-state index contributed by atoms with van der Waals surface area (Å²) in [7, 11) is 0. The fraction of sp³-hybridized carbons (Fsp3) is 0. The molecule has 1 aliphatic heterocycles. The van der Waals surface area contributed by atoms with Crippen LogP contribution >= 0.6 is 0 Å². The van der Waals surface area contributed by atoms with Gasteiger partial charge in [0.15, 0.2) is 0 Å². The predicted octanol–water partition coefficient (Wildman–Crippen LogP) is 11.3. The Morgan fingerprint density at radius 2 is 1.02 bits per heavy atom. The molecule has 10 aromatic rings. The van der Waals surface area contributed by atoms with Crippen molar-refractivity contribution in [2.45, 2.75) is 0 Å². The van der Waals surface area contributed by atoms with Crippen molar-refractivity contribution in [1.82, 2.24) is 19.1 Å². The number of hydrogen-bond acceptors (Lipinski definition) is 3. The van der Waals surface area contributed by atoms with Crippen molar-refractivity contribution < 1.29 is 4.74 Å². The van der Waals surface area contributed by atoms with Gasteiger partial charge in [0, 0.05) is 32.8 Å². The molecule has 1 aliphatic rings.